The molecule has 0 aliphatic rings. The number of hydrogen-bond acceptors (Lipinski definition) is 4. The average Bonchev–Trinajstić information content (AvgIpc) is 2.76. The van der Waals surface area contributed by atoms with Gasteiger partial charge in [-0.1, -0.05) is 11.6 Å². The summed E-state index contributed by atoms with van der Waals surface area (Å²) in [7, 11) is 1.83. The van der Waals surface area contributed by atoms with Crippen molar-refractivity contribution in [3.63, 3.8) is 0 Å². The van der Waals surface area contributed by atoms with Crippen LogP contribution in [0.3, 0.4) is 0 Å². The number of nitrogens with two attached hydrogens (primary N) is 1. The van der Waals surface area contributed by atoms with Gasteiger partial charge in [-0.05, 0) is 18.2 Å². The lowest BCUT2D eigenvalue weighted by Crippen LogP contribution is -2.15. The highest BCUT2D eigenvalue weighted by Gasteiger charge is 2.07. The van der Waals surface area contributed by atoms with E-state index < -0.39 is 0 Å². The van der Waals surface area contributed by atoms with Crippen LogP contribution < -0.4 is 11.1 Å². The largest absolute Gasteiger partial charge is 0.397 e. The first-order valence-corrected chi connectivity index (χ1v) is 6.87. The van der Waals surface area contributed by atoms with Crippen LogP contribution >= 0.6 is 23.4 Å². The van der Waals surface area contributed by atoms with Crippen molar-refractivity contribution >= 4 is 40.6 Å². The van der Waals surface area contributed by atoms with E-state index in [2.05, 4.69) is 10.4 Å². The van der Waals surface area contributed by atoms with Gasteiger partial charge in [0.1, 0.15) is 0 Å². The van der Waals surface area contributed by atoms with Gasteiger partial charge in [-0.15, -0.1) is 11.8 Å². The van der Waals surface area contributed by atoms with Crippen LogP contribution in [0.1, 0.15) is 0 Å². The topological polar surface area (TPSA) is 72.9 Å². The van der Waals surface area contributed by atoms with Crippen LogP contribution in [0.5, 0.6) is 0 Å². The van der Waals surface area contributed by atoms with E-state index in [1.165, 1.54) is 11.8 Å². The molecule has 5 nitrogen and oxygen atoms in total. The normalized spacial score (nSPS) is 10.4. The first kappa shape index (κ1) is 13.8. The molecule has 1 aromatic heterocycles. The van der Waals surface area contributed by atoms with E-state index in [9.17, 15) is 4.79 Å². The summed E-state index contributed by atoms with van der Waals surface area (Å²) in [6.07, 6.45) is 3.57. The molecule has 0 saturated carbocycles. The molecule has 2 rings (SSSR count). The number of rotatable bonds is 4. The molecule has 100 valence electrons. The molecule has 19 heavy (non-hydrogen) atoms. The molecule has 0 saturated heterocycles. The maximum Gasteiger partial charge on any atom is 0.234 e. The number of nitrogen functional groups attached to an aromatic ring is 1. The van der Waals surface area contributed by atoms with Crippen LogP contribution in [0.25, 0.3) is 0 Å². The van der Waals surface area contributed by atoms with Crippen molar-refractivity contribution in [3.05, 3.63) is 35.6 Å². The van der Waals surface area contributed by atoms with Gasteiger partial charge >= 0.3 is 0 Å². The van der Waals surface area contributed by atoms with Gasteiger partial charge in [0.25, 0.3) is 0 Å². The maximum absolute atomic E-state index is 11.8. The first-order valence-electron chi connectivity index (χ1n) is 5.51. The molecule has 2 aromatic rings. The van der Waals surface area contributed by atoms with Gasteiger partial charge < -0.3 is 11.1 Å². The molecule has 0 spiro atoms. The molecule has 0 radical (unpaired) electrons. The Morgan fingerprint density at radius 2 is 2.37 bits per heavy atom. The summed E-state index contributed by atoms with van der Waals surface area (Å²) in [6.45, 7) is 0. The summed E-state index contributed by atoms with van der Waals surface area (Å²) in [5.41, 5.74) is 6.78. The number of carbonyl (C=O) groups is 1. The minimum absolute atomic E-state index is 0.122. The highest BCUT2D eigenvalue weighted by Crippen LogP contribution is 2.23. The van der Waals surface area contributed by atoms with Gasteiger partial charge in [0.2, 0.25) is 5.91 Å². The third kappa shape index (κ3) is 3.90. The van der Waals surface area contributed by atoms with Crippen molar-refractivity contribution in [2.75, 3.05) is 16.8 Å². The Morgan fingerprint density at radius 1 is 1.58 bits per heavy atom. The predicted octanol–water partition coefficient (Wildman–Crippen LogP) is 2.39. The van der Waals surface area contributed by atoms with Crippen molar-refractivity contribution in [1.29, 1.82) is 0 Å². The molecule has 3 N–H and O–H groups in total. The van der Waals surface area contributed by atoms with Gasteiger partial charge in [0.05, 0.1) is 23.3 Å². The first-order chi connectivity index (χ1) is 9.04. The number of halogens is 1. The second kappa shape index (κ2) is 5.99. The summed E-state index contributed by atoms with van der Waals surface area (Å²) in [5.74, 6) is 0.177. The standard InChI is InChI=1S/C12H13ClN4OS/c1-17-6-9(5-15-17)19-7-12(18)16-11-3-2-8(13)4-10(11)14/h2-6H,7,14H2,1H3,(H,16,18). The molecule has 1 amide bonds. The van der Waals surface area contributed by atoms with Crippen LogP contribution in [-0.2, 0) is 11.8 Å². The van der Waals surface area contributed by atoms with E-state index in [0.29, 0.717) is 22.2 Å². The van der Waals surface area contributed by atoms with Gasteiger partial charge in [-0.2, -0.15) is 5.10 Å². The van der Waals surface area contributed by atoms with Gasteiger partial charge in [-0.3, -0.25) is 9.48 Å². The van der Waals surface area contributed by atoms with E-state index in [-0.39, 0.29) is 5.91 Å². The van der Waals surface area contributed by atoms with Crippen LogP contribution in [0.4, 0.5) is 11.4 Å². The number of benzene rings is 1. The Hall–Kier alpha value is -1.66. The summed E-state index contributed by atoms with van der Waals surface area (Å²) in [4.78, 5) is 12.7. The molecular weight excluding hydrogens is 284 g/mol. The average molecular weight is 297 g/mol. The van der Waals surface area contributed by atoms with E-state index in [1.54, 1.807) is 29.1 Å². The number of thioether (sulfide) groups is 1. The van der Waals surface area contributed by atoms with Crippen molar-refractivity contribution in [2.45, 2.75) is 4.90 Å². The number of hydrogen-bond donors (Lipinski definition) is 2. The van der Waals surface area contributed by atoms with Crippen LogP contribution in [0.15, 0.2) is 35.5 Å². The van der Waals surface area contributed by atoms with Crippen LogP contribution in [0.2, 0.25) is 5.02 Å². The van der Waals surface area contributed by atoms with Crippen molar-refractivity contribution in [3.8, 4) is 0 Å². The summed E-state index contributed by atoms with van der Waals surface area (Å²) < 4.78 is 1.69. The number of amides is 1. The second-order valence-corrected chi connectivity index (χ2v) is 5.40. The molecule has 7 heteroatoms. The Labute approximate surface area is 120 Å². The maximum atomic E-state index is 11.8. The number of aryl methyl sites for hydroxylation is 1. The van der Waals surface area contributed by atoms with Crippen molar-refractivity contribution in [2.24, 2.45) is 7.05 Å². The van der Waals surface area contributed by atoms with E-state index in [0.717, 1.165) is 4.90 Å². The lowest BCUT2D eigenvalue weighted by atomic mass is 10.2. The Balaban J connectivity index is 1.90. The fourth-order valence-electron chi connectivity index (χ4n) is 1.46. The summed E-state index contributed by atoms with van der Waals surface area (Å²) >= 11 is 7.21. The molecule has 0 unspecified atom stereocenters. The zero-order valence-electron chi connectivity index (χ0n) is 10.3. The van der Waals surface area contributed by atoms with E-state index >= 15 is 0 Å². The summed E-state index contributed by atoms with van der Waals surface area (Å²) in [5, 5.41) is 7.32. The van der Waals surface area contributed by atoms with E-state index in [4.69, 9.17) is 17.3 Å². The molecule has 0 bridgehead atoms. The SMILES string of the molecule is Cn1cc(SCC(=O)Nc2ccc(Cl)cc2N)cn1. The van der Waals surface area contributed by atoms with Gasteiger partial charge in [0, 0.05) is 23.2 Å². The Morgan fingerprint density at radius 3 is 3.00 bits per heavy atom. The molecule has 1 aromatic carbocycles. The number of carbonyl (C=O) groups excluding carboxylic acids is 1. The van der Waals surface area contributed by atoms with Crippen LogP contribution in [-0.4, -0.2) is 21.4 Å². The number of anilines is 2. The minimum atomic E-state index is -0.122. The third-order valence-corrected chi connectivity index (χ3v) is 3.52. The molecule has 0 fully saturated rings. The van der Waals surface area contributed by atoms with Crippen molar-refractivity contribution < 1.29 is 4.79 Å². The Bertz CT molecular complexity index is 599. The lowest BCUT2D eigenvalue weighted by Gasteiger charge is -2.07. The summed E-state index contributed by atoms with van der Waals surface area (Å²) in [6, 6.07) is 4.97. The smallest absolute Gasteiger partial charge is 0.234 e. The lowest BCUT2D eigenvalue weighted by molar-refractivity contribution is -0.113. The Kier molecular flexibility index (Phi) is 4.34. The minimum Gasteiger partial charge on any atom is -0.397 e. The zero-order valence-corrected chi connectivity index (χ0v) is 11.8. The van der Waals surface area contributed by atoms with Crippen molar-refractivity contribution in [1.82, 2.24) is 9.78 Å². The molecule has 1 heterocycles. The number of nitrogens with one attached hydrogen (secondary N) is 1. The molecule has 0 aliphatic heterocycles. The molecular formula is C12H13ClN4OS. The van der Waals surface area contributed by atoms with Crippen LogP contribution in [0, 0.1) is 0 Å². The molecule has 0 atom stereocenters. The number of nitrogens with zero attached hydrogens (tertiary/aromatic N) is 2. The van der Waals surface area contributed by atoms with Gasteiger partial charge in [0.15, 0.2) is 0 Å². The fraction of sp³-hybridized carbons (Fsp3) is 0.167. The quantitative estimate of drug-likeness (QED) is 0.671. The zero-order chi connectivity index (χ0) is 13.8. The fourth-order valence-corrected chi connectivity index (χ4v) is 2.36. The highest BCUT2D eigenvalue weighted by atomic mass is 35.5. The highest BCUT2D eigenvalue weighted by molar-refractivity contribution is 8.00. The third-order valence-electron chi connectivity index (χ3n) is 2.34. The molecule has 0 aliphatic carbocycles. The predicted molar refractivity (Wildman–Crippen MR) is 78.4 cm³/mol. The monoisotopic (exact) mass is 296 g/mol. The van der Waals surface area contributed by atoms with Gasteiger partial charge in [-0.25, -0.2) is 0 Å². The second-order valence-electron chi connectivity index (χ2n) is 3.92. The van der Waals surface area contributed by atoms with E-state index in [1.807, 2.05) is 13.2 Å². The number of aromatic nitrogens is 2.